The zero-order valence-corrected chi connectivity index (χ0v) is 21.9. The monoisotopic (exact) mass is 531 g/mol. The topological polar surface area (TPSA) is 72.4 Å². The second-order valence-electron chi connectivity index (χ2n) is 11.9. The lowest BCUT2D eigenvalue weighted by Gasteiger charge is -2.60. The summed E-state index contributed by atoms with van der Waals surface area (Å²) in [5.41, 5.74) is 1.62. The van der Waals surface area contributed by atoms with Crippen LogP contribution in [0, 0.1) is 34.9 Å². The highest BCUT2D eigenvalue weighted by atomic mass is 35.5. The fourth-order valence-corrected chi connectivity index (χ4v) is 8.34. The van der Waals surface area contributed by atoms with Gasteiger partial charge < -0.3 is 14.8 Å². The van der Waals surface area contributed by atoms with Gasteiger partial charge in [0.1, 0.15) is 24.1 Å². The normalized spacial score (nSPS) is 37.6. The van der Waals surface area contributed by atoms with E-state index in [2.05, 4.69) is 38.2 Å². The molecule has 5 aliphatic rings. The Bertz CT molecular complexity index is 1290. The molecule has 198 valence electrons. The first-order valence-corrected chi connectivity index (χ1v) is 13.7. The van der Waals surface area contributed by atoms with Crippen LogP contribution in [0.3, 0.4) is 0 Å². The number of methoxy groups -OCH3 is 1. The molecule has 4 heterocycles. The average molecular weight is 532 g/mol. The Kier molecular flexibility index (Phi) is 5.48. The number of ether oxygens (including phenoxy) is 2. The molecule has 2 saturated heterocycles. The van der Waals surface area contributed by atoms with Crippen molar-refractivity contribution in [1.82, 2.24) is 19.9 Å². The SMILES string of the molecule is COCCNc1nc(OC[C@@]23CC(C4=CC45CC4CC(C)C45)CN2C[C@H](F)C3)nc2c(F)c(Cl)ncc12. The van der Waals surface area contributed by atoms with Gasteiger partial charge in [-0.25, -0.2) is 13.8 Å². The van der Waals surface area contributed by atoms with Crippen molar-refractivity contribution in [2.75, 3.05) is 45.3 Å². The highest BCUT2D eigenvalue weighted by Crippen LogP contribution is 2.76. The van der Waals surface area contributed by atoms with E-state index >= 15 is 0 Å². The second-order valence-corrected chi connectivity index (χ2v) is 12.2. The van der Waals surface area contributed by atoms with Gasteiger partial charge in [-0.3, -0.25) is 4.90 Å². The number of halogens is 3. The summed E-state index contributed by atoms with van der Waals surface area (Å²) in [6.45, 7) is 4.86. The first kappa shape index (κ1) is 24.0. The molecule has 3 aliphatic carbocycles. The third-order valence-corrected chi connectivity index (χ3v) is 10.0. The quantitative estimate of drug-likeness (QED) is 0.302. The van der Waals surface area contributed by atoms with Crippen molar-refractivity contribution in [1.29, 1.82) is 0 Å². The third kappa shape index (κ3) is 3.60. The van der Waals surface area contributed by atoms with Crippen molar-refractivity contribution in [3.63, 3.8) is 0 Å². The summed E-state index contributed by atoms with van der Waals surface area (Å²) in [5, 5.41) is 3.29. The van der Waals surface area contributed by atoms with Crippen LogP contribution in [0.1, 0.15) is 32.6 Å². The molecule has 0 aromatic carbocycles. The van der Waals surface area contributed by atoms with Crippen molar-refractivity contribution in [2.24, 2.45) is 29.1 Å². The Balaban J connectivity index is 1.11. The van der Waals surface area contributed by atoms with E-state index in [4.69, 9.17) is 21.1 Å². The number of alkyl halides is 1. The number of nitrogens with zero attached hydrogens (tertiary/aromatic N) is 4. The van der Waals surface area contributed by atoms with Gasteiger partial charge in [-0.1, -0.05) is 30.2 Å². The molecule has 2 aromatic heterocycles. The number of anilines is 1. The molecule has 1 N–H and O–H groups in total. The molecule has 7 nitrogen and oxygen atoms in total. The van der Waals surface area contributed by atoms with Gasteiger partial charge in [0.05, 0.1) is 17.5 Å². The van der Waals surface area contributed by atoms with Crippen LogP contribution >= 0.6 is 11.6 Å². The first-order chi connectivity index (χ1) is 17.8. The van der Waals surface area contributed by atoms with E-state index in [1.807, 2.05) is 0 Å². The van der Waals surface area contributed by atoms with Crippen LogP contribution < -0.4 is 10.1 Å². The van der Waals surface area contributed by atoms with Crippen molar-refractivity contribution >= 4 is 28.3 Å². The van der Waals surface area contributed by atoms with Crippen molar-refractivity contribution in [3.05, 3.63) is 28.8 Å². The summed E-state index contributed by atoms with van der Waals surface area (Å²) < 4.78 is 40.8. The molecule has 0 amide bonds. The van der Waals surface area contributed by atoms with E-state index in [9.17, 15) is 8.78 Å². The van der Waals surface area contributed by atoms with E-state index in [-0.39, 0.29) is 23.3 Å². The Morgan fingerprint density at radius 2 is 2.11 bits per heavy atom. The molecule has 1 spiro atoms. The van der Waals surface area contributed by atoms with Gasteiger partial charge in [0, 0.05) is 44.8 Å². The Hall–Kier alpha value is -2.10. The fraction of sp³-hybridized carbons (Fsp3) is 0.667. The lowest BCUT2D eigenvalue weighted by atomic mass is 9.44. The van der Waals surface area contributed by atoms with E-state index in [1.54, 1.807) is 12.7 Å². The molecule has 7 atom stereocenters. The van der Waals surface area contributed by atoms with Crippen LogP contribution in [0.25, 0.3) is 10.9 Å². The molecule has 7 rings (SSSR count). The Labute approximate surface area is 220 Å². The number of rotatable bonds is 8. The van der Waals surface area contributed by atoms with E-state index in [1.165, 1.54) is 19.0 Å². The summed E-state index contributed by atoms with van der Waals surface area (Å²) in [6, 6.07) is 0.0425. The van der Waals surface area contributed by atoms with Gasteiger partial charge >= 0.3 is 6.01 Å². The minimum atomic E-state index is -0.877. The molecule has 2 saturated carbocycles. The molecule has 2 aromatic rings. The summed E-state index contributed by atoms with van der Waals surface area (Å²) in [7, 11) is 1.60. The van der Waals surface area contributed by atoms with Crippen molar-refractivity contribution < 1.29 is 18.3 Å². The molecular formula is C27H32ClF2N5O2. The summed E-state index contributed by atoms with van der Waals surface area (Å²) in [4.78, 5) is 15.0. The molecule has 2 aliphatic heterocycles. The Morgan fingerprint density at radius 1 is 1.24 bits per heavy atom. The van der Waals surface area contributed by atoms with Gasteiger partial charge in [-0.2, -0.15) is 9.97 Å². The number of fused-ring (bicyclic) bond motifs is 4. The summed E-state index contributed by atoms with van der Waals surface area (Å²) >= 11 is 5.93. The predicted molar refractivity (Wildman–Crippen MR) is 136 cm³/mol. The largest absolute Gasteiger partial charge is 0.461 e. The van der Waals surface area contributed by atoms with Crippen LogP contribution in [0.5, 0.6) is 6.01 Å². The zero-order chi connectivity index (χ0) is 25.5. The lowest BCUT2D eigenvalue weighted by molar-refractivity contribution is -0.0897. The molecule has 4 fully saturated rings. The highest BCUT2D eigenvalue weighted by Gasteiger charge is 2.69. The van der Waals surface area contributed by atoms with E-state index in [0.717, 1.165) is 30.7 Å². The zero-order valence-electron chi connectivity index (χ0n) is 21.1. The highest BCUT2D eigenvalue weighted by molar-refractivity contribution is 6.30. The summed E-state index contributed by atoms with van der Waals surface area (Å²) in [5.74, 6) is 2.70. The van der Waals surface area contributed by atoms with Gasteiger partial charge in [-0.05, 0) is 42.9 Å². The van der Waals surface area contributed by atoms with E-state index < -0.39 is 17.5 Å². The van der Waals surface area contributed by atoms with Crippen LogP contribution in [-0.2, 0) is 4.74 Å². The fourth-order valence-electron chi connectivity index (χ4n) is 8.20. The number of hydrogen-bond donors (Lipinski definition) is 1. The molecule has 0 bridgehead atoms. The standard InChI is InChI=1S/C27H32ClF2N5O2/c1-14-5-15-7-27(20(14)15)9-19(27)16-6-26(8-17(29)12-35(26)11-16)13-37-25-33-22-18(10-32-23(28)21(22)30)24(34-25)31-3-4-36-2/h9-10,14-17,20H,3-8,11-13H2,1-2H3,(H,31,33,34)/t14?,15?,16?,17-,20?,26+,27?/m1/s1. The smallest absolute Gasteiger partial charge is 0.319 e. The third-order valence-electron chi connectivity index (χ3n) is 9.74. The molecular weight excluding hydrogens is 500 g/mol. The van der Waals surface area contributed by atoms with Gasteiger partial charge in [0.25, 0.3) is 0 Å². The Morgan fingerprint density at radius 3 is 2.89 bits per heavy atom. The summed E-state index contributed by atoms with van der Waals surface area (Å²) in [6.07, 6.45) is 7.10. The first-order valence-electron chi connectivity index (χ1n) is 13.3. The van der Waals surface area contributed by atoms with E-state index in [0.29, 0.717) is 48.7 Å². The predicted octanol–water partition coefficient (Wildman–Crippen LogP) is 4.66. The van der Waals surface area contributed by atoms with Gasteiger partial charge in [0.15, 0.2) is 11.0 Å². The van der Waals surface area contributed by atoms with Gasteiger partial charge in [-0.15, -0.1) is 0 Å². The minimum Gasteiger partial charge on any atom is -0.461 e. The number of hydrogen-bond acceptors (Lipinski definition) is 7. The lowest BCUT2D eigenvalue weighted by Crippen LogP contribution is -2.53. The number of pyridine rings is 1. The van der Waals surface area contributed by atoms with Crippen molar-refractivity contribution in [3.8, 4) is 6.01 Å². The maximum atomic E-state index is 14.8. The molecule has 5 unspecified atom stereocenters. The number of allylic oxidation sites excluding steroid dienone is 1. The van der Waals surface area contributed by atoms with Gasteiger partial charge in [0.2, 0.25) is 0 Å². The van der Waals surface area contributed by atoms with Crippen LogP contribution in [-0.4, -0.2) is 71.5 Å². The number of aromatic nitrogens is 3. The molecule has 37 heavy (non-hydrogen) atoms. The maximum absolute atomic E-state index is 14.8. The van der Waals surface area contributed by atoms with Crippen LogP contribution in [0.2, 0.25) is 5.15 Å². The minimum absolute atomic E-state index is 0.0394. The molecule has 0 radical (unpaired) electrons. The van der Waals surface area contributed by atoms with Crippen molar-refractivity contribution in [2.45, 2.75) is 44.3 Å². The van der Waals surface area contributed by atoms with Crippen LogP contribution in [0.4, 0.5) is 14.6 Å². The number of nitrogens with one attached hydrogen (secondary N) is 1. The van der Waals surface area contributed by atoms with Crippen LogP contribution in [0.15, 0.2) is 17.8 Å². The maximum Gasteiger partial charge on any atom is 0.319 e. The second kappa shape index (κ2) is 8.45. The average Bonchev–Trinajstić information content (AvgIpc) is 3.37. The molecule has 10 heteroatoms.